The highest BCUT2D eigenvalue weighted by Gasteiger charge is 2.09. The van der Waals surface area contributed by atoms with Gasteiger partial charge < -0.3 is 9.47 Å². The number of hydrogen-bond acceptors (Lipinski definition) is 4. The summed E-state index contributed by atoms with van der Waals surface area (Å²) in [5.41, 5.74) is 5.14. The number of ether oxygens (including phenoxy) is 2. The van der Waals surface area contributed by atoms with E-state index in [9.17, 15) is 4.79 Å². The SMILES string of the molecule is COc1c(Br)cc(Br)cc1C=NNC(=O)COc1c(C)cccc1C. The summed E-state index contributed by atoms with van der Waals surface area (Å²) in [5.74, 6) is 1.01. The first kappa shape index (κ1) is 19.5. The van der Waals surface area contributed by atoms with Crippen molar-refractivity contribution in [2.24, 2.45) is 5.10 Å². The number of benzene rings is 2. The molecule has 0 heterocycles. The second kappa shape index (κ2) is 9.01. The number of carbonyl (C=O) groups is 1. The molecule has 2 rings (SSSR count). The number of nitrogens with zero attached hydrogens (tertiary/aromatic N) is 1. The lowest BCUT2D eigenvalue weighted by molar-refractivity contribution is -0.123. The highest BCUT2D eigenvalue weighted by Crippen LogP contribution is 2.31. The zero-order valence-corrected chi connectivity index (χ0v) is 17.3. The number of aryl methyl sites for hydroxylation is 2. The van der Waals surface area contributed by atoms with Crippen molar-refractivity contribution in [2.45, 2.75) is 13.8 Å². The Labute approximate surface area is 163 Å². The van der Waals surface area contributed by atoms with Crippen LogP contribution in [0.1, 0.15) is 16.7 Å². The van der Waals surface area contributed by atoms with Crippen molar-refractivity contribution in [3.8, 4) is 11.5 Å². The summed E-state index contributed by atoms with van der Waals surface area (Å²) < 4.78 is 12.6. The molecule has 1 amide bonds. The number of hydrogen-bond donors (Lipinski definition) is 1. The van der Waals surface area contributed by atoms with Crippen LogP contribution in [0.3, 0.4) is 0 Å². The summed E-state index contributed by atoms with van der Waals surface area (Å²) in [6, 6.07) is 9.54. The van der Waals surface area contributed by atoms with Crippen LogP contribution in [0.15, 0.2) is 44.4 Å². The van der Waals surface area contributed by atoms with Gasteiger partial charge in [0.15, 0.2) is 6.61 Å². The average molecular weight is 470 g/mol. The third-order valence-corrected chi connectivity index (χ3v) is 4.44. The van der Waals surface area contributed by atoms with E-state index >= 15 is 0 Å². The lowest BCUT2D eigenvalue weighted by Gasteiger charge is -2.11. The molecule has 0 spiro atoms. The summed E-state index contributed by atoms with van der Waals surface area (Å²) in [5, 5.41) is 3.96. The number of carbonyl (C=O) groups excluding carboxylic acids is 1. The highest BCUT2D eigenvalue weighted by atomic mass is 79.9. The average Bonchev–Trinajstić information content (AvgIpc) is 2.54. The van der Waals surface area contributed by atoms with Gasteiger partial charge in [0.1, 0.15) is 11.5 Å². The number of rotatable bonds is 6. The van der Waals surface area contributed by atoms with Crippen molar-refractivity contribution in [1.82, 2.24) is 5.43 Å². The number of hydrazone groups is 1. The summed E-state index contributed by atoms with van der Waals surface area (Å²) in [4.78, 5) is 11.9. The Balaban J connectivity index is 1.97. The van der Waals surface area contributed by atoms with Gasteiger partial charge in [-0.3, -0.25) is 4.79 Å². The maximum Gasteiger partial charge on any atom is 0.277 e. The van der Waals surface area contributed by atoms with Gasteiger partial charge in [-0.1, -0.05) is 34.1 Å². The van der Waals surface area contributed by atoms with E-state index in [2.05, 4.69) is 42.4 Å². The summed E-state index contributed by atoms with van der Waals surface area (Å²) in [6.07, 6.45) is 1.52. The molecule has 25 heavy (non-hydrogen) atoms. The predicted octanol–water partition coefficient (Wildman–Crippen LogP) is 4.37. The molecule has 0 radical (unpaired) electrons. The van der Waals surface area contributed by atoms with Crippen molar-refractivity contribution >= 4 is 44.0 Å². The molecule has 0 bridgehead atoms. The van der Waals surface area contributed by atoms with Crippen molar-refractivity contribution < 1.29 is 14.3 Å². The van der Waals surface area contributed by atoms with Gasteiger partial charge >= 0.3 is 0 Å². The topological polar surface area (TPSA) is 59.9 Å². The van der Waals surface area contributed by atoms with Gasteiger partial charge in [0.25, 0.3) is 5.91 Å². The van der Waals surface area contributed by atoms with E-state index in [0.717, 1.165) is 31.4 Å². The molecule has 0 saturated carbocycles. The third kappa shape index (κ3) is 5.31. The minimum Gasteiger partial charge on any atom is -0.495 e. The number of para-hydroxylation sites is 1. The number of amides is 1. The fourth-order valence-electron chi connectivity index (χ4n) is 2.26. The van der Waals surface area contributed by atoms with Gasteiger partial charge in [-0.2, -0.15) is 5.10 Å². The molecule has 0 fully saturated rings. The molecule has 0 atom stereocenters. The summed E-state index contributed by atoms with van der Waals surface area (Å²) >= 11 is 6.83. The van der Waals surface area contributed by atoms with Gasteiger partial charge in [-0.15, -0.1) is 0 Å². The molecular weight excluding hydrogens is 452 g/mol. The van der Waals surface area contributed by atoms with Crippen LogP contribution < -0.4 is 14.9 Å². The van der Waals surface area contributed by atoms with E-state index in [1.165, 1.54) is 6.21 Å². The van der Waals surface area contributed by atoms with E-state index in [0.29, 0.717) is 5.75 Å². The minimum absolute atomic E-state index is 0.109. The second-order valence-electron chi connectivity index (χ2n) is 5.31. The maximum absolute atomic E-state index is 11.9. The zero-order chi connectivity index (χ0) is 18.4. The minimum atomic E-state index is -0.341. The molecule has 1 N–H and O–H groups in total. The van der Waals surface area contributed by atoms with Gasteiger partial charge in [-0.05, 0) is 53.0 Å². The second-order valence-corrected chi connectivity index (χ2v) is 7.08. The maximum atomic E-state index is 11.9. The lowest BCUT2D eigenvalue weighted by atomic mass is 10.1. The summed E-state index contributed by atoms with van der Waals surface area (Å²) in [7, 11) is 1.57. The Morgan fingerprint density at radius 3 is 2.52 bits per heavy atom. The normalized spacial score (nSPS) is 10.8. The zero-order valence-electron chi connectivity index (χ0n) is 14.1. The Kier molecular flexibility index (Phi) is 7.01. The van der Waals surface area contributed by atoms with Crippen LogP contribution in [-0.2, 0) is 4.79 Å². The molecule has 0 aliphatic heterocycles. The third-order valence-electron chi connectivity index (χ3n) is 3.39. The van der Waals surface area contributed by atoms with Crippen molar-refractivity contribution in [1.29, 1.82) is 0 Å². The van der Waals surface area contributed by atoms with Crippen molar-refractivity contribution in [3.63, 3.8) is 0 Å². The molecule has 0 aliphatic carbocycles. The Bertz CT molecular complexity index is 787. The molecule has 2 aromatic carbocycles. The Hall–Kier alpha value is -1.86. The number of nitrogens with one attached hydrogen (secondary N) is 1. The van der Waals surface area contributed by atoms with Gasteiger partial charge in [0.05, 0.1) is 17.8 Å². The predicted molar refractivity (Wildman–Crippen MR) is 106 cm³/mol. The molecule has 2 aromatic rings. The van der Waals surface area contributed by atoms with Gasteiger partial charge in [-0.25, -0.2) is 5.43 Å². The Morgan fingerprint density at radius 1 is 1.20 bits per heavy atom. The molecule has 132 valence electrons. The van der Waals surface area contributed by atoms with E-state index in [1.54, 1.807) is 7.11 Å². The number of halogens is 2. The summed E-state index contributed by atoms with van der Waals surface area (Å²) in [6.45, 7) is 3.77. The fraction of sp³-hybridized carbons (Fsp3) is 0.222. The highest BCUT2D eigenvalue weighted by molar-refractivity contribution is 9.11. The van der Waals surface area contributed by atoms with Crippen LogP contribution in [0.4, 0.5) is 0 Å². The van der Waals surface area contributed by atoms with Crippen LogP contribution in [0.2, 0.25) is 0 Å². The first-order valence-electron chi connectivity index (χ1n) is 7.46. The quantitative estimate of drug-likeness (QED) is 0.504. The van der Waals surface area contributed by atoms with E-state index in [1.807, 2.05) is 44.2 Å². The van der Waals surface area contributed by atoms with E-state index in [-0.39, 0.29) is 12.5 Å². The monoisotopic (exact) mass is 468 g/mol. The van der Waals surface area contributed by atoms with E-state index in [4.69, 9.17) is 9.47 Å². The van der Waals surface area contributed by atoms with E-state index < -0.39 is 0 Å². The standard InChI is InChI=1S/C18H18Br2N2O3/c1-11-5-4-6-12(2)17(11)25-10-16(23)22-21-9-13-7-14(19)8-15(20)18(13)24-3/h4-9H,10H2,1-3H3,(H,22,23). The smallest absolute Gasteiger partial charge is 0.277 e. The van der Waals surface area contributed by atoms with Crippen molar-refractivity contribution in [3.05, 3.63) is 56.0 Å². The van der Waals surface area contributed by atoms with Crippen LogP contribution in [-0.4, -0.2) is 25.8 Å². The van der Waals surface area contributed by atoms with Crippen LogP contribution >= 0.6 is 31.9 Å². The largest absolute Gasteiger partial charge is 0.495 e. The fourth-order valence-corrected chi connectivity index (χ4v) is 3.68. The Morgan fingerprint density at radius 2 is 1.88 bits per heavy atom. The van der Waals surface area contributed by atoms with Crippen LogP contribution in [0.25, 0.3) is 0 Å². The molecular formula is C18H18Br2N2O3. The first-order valence-corrected chi connectivity index (χ1v) is 9.05. The molecule has 0 unspecified atom stereocenters. The lowest BCUT2D eigenvalue weighted by Crippen LogP contribution is -2.25. The first-order chi connectivity index (χ1) is 11.9. The van der Waals surface area contributed by atoms with Crippen molar-refractivity contribution in [2.75, 3.05) is 13.7 Å². The number of methoxy groups -OCH3 is 1. The van der Waals surface area contributed by atoms with Crippen LogP contribution in [0.5, 0.6) is 11.5 Å². The molecule has 5 nitrogen and oxygen atoms in total. The van der Waals surface area contributed by atoms with Crippen LogP contribution in [0, 0.1) is 13.8 Å². The molecule has 0 aliphatic rings. The van der Waals surface area contributed by atoms with Gasteiger partial charge in [0.2, 0.25) is 0 Å². The molecule has 0 aromatic heterocycles. The molecule has 7 heteroatoms. The molecule has 0 saturated heterocycles. The van der Waals surface area contributed by atoms with Gasteiger partial charge in [0, 0.05) is 10.0 Å².